The molecule has 7 nitrogen and oxygen atoms in total. The number of ether oxygens (including phenoxy) is 1. The van der Waals surface area contributed by atoms with Crippen molar-refractivity contribution >= 4 is 40.1 Å². The summed E-state index contributed by atoms with van der Waals surface area (Å²) in [5, 5.41) is 10.4. The number of aromatic nitrogens is 3. The van der Waals surface area contributed by atoms with E-state index >= 15 is 0 Å². The lowest BCUT2D eigenvalue weighted by atomic mass is 10.2. The third-order valence-electron chi connectivity index (χ3n) is 5.35. The van der Waals surface area contributed by atoms with Gasteiger partial charge in [0.2, 0.25) is 5.91 Å². The summed E-state index contributed by atoms with van der Waals surface area (Å²) in [6.07, 6.45) is 3.59. The van der Waals surface area contributed by atoms with Crippen LogP contribution in [0.2, 0.25) is 5.15 Å². The first kappa shape index (κ1) is 23.6. The summed E-state index contributed by atoms with van der Waals surface area (Å²) in [7, 11) is 0. The van der Waals surface area contributed by atoms with Crippen LogP contribution in [0.3, 0.4) is 0 Å². The number of nitrogens with zero attached hydrogens (tertiary/aromatic N) is 4. The molecule has 1 saturated heterocycles. The first-order chi connectivity index (χ1) is 15.9. The Bertz CT molecular complexity index is 1120. The van der Waals surface area contributed by atoms with Gasteiger partial charge in [0, 0.05) is 36.7 Å². The Morgan fingerprint density at radius 3 is 2.70 bits per heavy atom. The molecule has 0 spiro atoms. The van der Waals surface area contributed by atoms with Crippen LogP contribution in [0.15, 0.2) is 41.8 Å². The summed E-state index contributed by atoms with van der Waals surface area (Å²) in [6.45, 7) is 9.13. The number of carbonyl (C=O) groups is 1. The van der Waals surface area contributed by atoms with Crippen molar-refractivity contribution in [1.29, 1.82) is 0 Å². The van der Waals surface area contributed by atoms with Crippen LogP contribution >= 0.6 is 22.9 Å². The van der Waals surface area contributed by atoms with E-state index in [9.17, 15) is 4.79 Å². The summed E-state index contributed by atoms with van der Waals surface area (Å²) in [4.78, 5) is 19.4. The van der Waals surface area contributed by atoms with Crippen LogP contribution in [0.5, 0.6) is 0 Å². The fraction of sp³-hybridized carbons (Fsp3) is 0.375. The molecule has 33 heavy (non-hydrogen) atoms. The average Bonchev–Trinajstić information content (AvgIpc) is 3.30. The highest BCUT2D eigenvalue weighted by molar-refractivity contribution is 7.13. The monoisotopic (exact) mass is 485 g/mol. The van der Waals surface area contributed by atoms with Crippen molar-refractivity contribution < 1.29 is 9.53 Å². The van der Waals surface area contributed by atoms with Gasteiger partial charge in [0.25, 0.3) is 0 Å². The Morgan fingerprint density at radius 1 is 1.24 bits per heavy atom. The van der Waals surface area contributed by atoms with Gasteiger partial charge in [0.05, 0.1) is 30.1 Å². The molecule has 9 heteroatoms. The molecule has 4 rings (SSSR count). The van der Waals surface area contributed by atoms with E-state index in [0.29, 0.717) is 16.8 Å². The maximum absolute atomic E-state index is 12.5. The van der Waals surface area contributed by atoms with Gasteiger partial charge >= 0.3 is 0 Å². The van der Waals surface area contributed by atoms with Crippen molar-refractivity contribution in [3.8, 4) is 0 Å². The van der Waals surface area contributed by atoms with Crippen molar-refractivity contribution in [1.82, 2.24) is 19.7 Å². The fourth-order valence-corrected chi connectivity index (χ4v) is 5.00. The van der Waals surface area contributed by atoms with Gasteiger partial charge < -0.3 is 4.74 Å². The topological polar surface area (TPSA) is 72.3 Å². The molecule has 1 aromatic carbocycles. The predicted molar refractivity (Wildman–Crippen MR) is 133 cm³/mol. The molecule has 1 N–H and O–H groups in total. The Hall–Kier alpha value is -2.52. The first-order valence-corrected chi connectivity index (χ1v) is 12.2. The average molecular weight is 486 g/mol. The Morgan fingerprint density at radius 2 is 1.97 bits per heavy atom. The van der Waals surface area contributed by atoms with Crippen LogP contribution in [0.1, 0.15) is 36.4 Å². The number of morpholine rings is 1. The van der Waals surface area contributed by atoms with E-state index in [-0.39, 0.29) is 18.1 Å². The van der Waals surface area contributed by atoms with Gasteiger partial charge in [-0.3, -0.25) is 15.0 Å². The molecule has 0 aliphatic carbocycles. The van der Waals surface area contributed by atoms with E-state index in [4.69, 9.17) is 16.3 Å². The highest BCUT2D eigenvalue weighted by Gasteiger charge is 2.22. The number of rotatable bonds is 7. The van der Waals surface area contributed by atoms with E-state index in [1.165, 1.54) is 17.4 Å². The first-order valence-electron chi connectivity index (χ1n) is 11.0. The maximum Gasteiger partial charge on any atom is 0.250 e. The van der Waals surface area contributed by atoms with Gasteiger partial charge in [0.15, 0.2) is 5.13 Å². The Labute approximate surface area is 203 Å². The molecule has 2 aromatic heterocycles. The van der Waals surface area contributed by atoms with E-state index in [1.807, 2.05) is 42.6 Å². The molecule has 1 fully saturated rings. The minimum Gasteiger partial charge on any atom is -0.373 e. The molecule has 1 amide bonds. The number of carbonyl (C=O) groups excluding carboxylic acids is 1. The molecule has 2 unspecified atom stereocenters. The molecule has 1 aliphatic rings. The predicted octanol–water partition coefficient (Wildman–Crippen LogP) is 4.61. The van der Waals surface area contributed by atoms with Gasteiger partial charge in [0.1, 0.15) is 5.15 Å². The largest absolute Gasteiger partial charge is 0.373 e. The smallest absolute Gasteiger partial charge is 0.250 e. The number of benzene rings is 1. The number of aryl methyl sites for hydroxylation is 1. The lowest BCUT2D eigenvalue weighted by Crippen LogP contribution is -2.44. The van der Waals surface area contributed by atoms with Crippen molar-refractivity contribution in [2.24, 2.45) is 0 Å². The van der Waals surface area contributed by atoms with Crippen LogP contribution in [-0.2, 0) is 22.6 Å². The molecule has 0 saturated carbocycles. The quantitative estimate of drug-likeness (QED) is 0.495. The highest BCUT2D eigenvalue weighted by Crippen LogP contribution is 2.23. The number of hydrogen-bond acceptors (Lipinski definition) is 6. The molecule has 3 heterocycles. The summed E-state index contributed by atoms with van der Waals surface area (Å²) < 4.78 is 7.52. The summed E-state index contributed by atoms with van der Waals surface area (Å²) in [6, 6.07) is 9.99. The van der Waals surface area contributed by atoms with Crippen LogP contribution in [-0.4, -0.2) is 50.9 Å². The molecule has 0 bridgehead atoms. The second-order valence-corrected chi connectivity index (χ2v) is 9.57. The number of halogens is 1. The van der Waals surface area contributed by atoms with Crippen molar-refractivity contribution in [3.63, 3.8) is 0 Å². The van der Waals surface area contributed by atoms with Gasteiger partial charge in [-0.25, -0.2) is 9.67 Å². The maximum atomic E-state index is 12.5. The molecule has 174 valence electrons. The lowest BCUT2D eigenvalue weighted by Gasteiger charge is -2.34. The van der Waals surface area contributed by atoms with Gasteiger partial charge in [-0.2, -0.15) is 5.10 Å². The second kappa shape index (κ2) is 10.6. The standard InChI is InChI=1S/C24H28ClN5O2S/c1-16-11-29(12-17(2)32-16)14-20-15-33-24(26-20)27-22(31)10-9-21-18(3)28-30(23(21)25)13-19-7-5-4-6-8-19/h4-10,15-17H,11-14H2,1-3H3,(H,26,27,31)/b10-9+. The van der Waals surface area contributed by atoms with Gasteiger partial charge in [-0.1, -0.05) is 41.9 Å². The second-order valence-electron chi connectivity index (χ2n) is 8.35. The normalized spacial score (nSPS) is 19.3. The minimum atomic E-state index is -0.254. The van der Waals surface area contributed by atoms with Gasteiger partial charge in [-0.15, -0.1) is 11.3 Å². The van der Waals surface area contributed by atoms with Crippen LogP contribution in [0.4, 0.5) is 5.13 Å². The third-order valence-corrected chi connectivity index (χ3v) is 6.55. The molecule has 2 atom stereocenters. The van der Waals surface area contributed by atoms with E-state index in [2.05, 4.69) is 34.1 Å². The summed E-state index contributed by atoms with van der Waals surface area (Å²) >= 11 is 7.96. The number of thiazole rings is 1. The molecular weight excluding hydrogens is 458 g/mol. The Balaban J connectivity index is 1.35. The van der Waals surface area contributed by atoms with E-state index in [0.717, 1.165) is 42.1 Å². The molecule has 1 aliphatic heterocycles. The molecular formula is C24H28ClN5O2S. The number of hydrogen-bond donors (Lipinski definition) is 1. The van der Waals surface area contributed by atoms with Crippen molar-refractivity contribution in [3.05, 3.63) is 69.5 Å². The van der Waals surface area contributed by atoms with Gasteiger partial charge in [-0.05, 0) is 32.4 Å². The van der Waals surface area contributed by atoms with Crippen molar-refractivity contribution in [2.75, 3.05) is 18.4 Å². The Kier molecular flexibility index (Phi) is 7.60. The zero-order valence-corrected chi connectivity index (χ0v) is 20.6. The zero-order chi connectivity index (χ0) is 23.4. The summed E-state index contributed by atoms with van der Waals surface area (Å²) in [5.74, 6) is -0.254. The zero-order valence-electron chi connectivity index (χ0n) is 19.0. The number of nitrogens with one attached hydrogen (secondary N) is 1. The number of anilines is 1. The minimum absolute atomic E-state index is 0.212. The summed E-state index contributed by atoms with van der Waals surface area (Å²) in [5.41, 5.74) is 3.56. The van der Waals surface area contributed by atoms with Crippen LogP contribution < -0.4 is 5.32 Å². The number of amides is 1. The third kappa shape index (κ3) is 6.29. The van der Waals surface area contributed by atoms with Crippen LogP contribution in [0.25, 0.3) is 6.08 Å². The van der Waals surface area contributed by atoms with Crippen molar-refractivity contribution in [2.45, 2.75) is 46.1 Å². The molecule has 0 radical (unpaired) electrons. The van der Waals surface area contributed by atoms with E-state index in [1.54, 1.807) is 10.8 Å². The van der Waals surface area contributed by atoms with Crippen LogP contribution in [0, 0.1) is 6.92 Å². The fourth-order valence-electron chi connectivity index (χ4n) is 4.00. The highest BCUT2D eigenvalue weighted by atomic mass is 35.5. The lowest BCUT2D eigenvalue weighted by molar-refractivity contribution is -0.111. The SMILES string of the molecule is Cc1nn(Cc2ccccc2)c(Cl)c1/C=C/C(=O)Nc1nc(CN2CC(C)OC(C)C2)cs1. The van der Waals surface area contributed by atoms with E-state index < -0.39 is 0 Å². The molecule has 3 aromatic rings.